The van der Waals surface area contributed by atoms with Gasteiger partial charge in [0.1, 0.15) is 11.4 Å². The van der Waals surface area contributed by atoms with Gasteiger partial charge >= 0.3 is 5.97 Å². The number of carboxylic acid groups (broad SMARTS) is 1. The third kappa shape index (κ3) is 3.08. The van der Waals surface area contributed by atoms with Gasteiger partial charge in [-0.25, -0.2) is 4.39 Å². The molecule has 3 rings (SSSR count). The number of benzene rings is 1. The van der Waals surface area contributed by atoms with Crippen LogP contribution in [-0.2, 0) is 10.3 Å². The topological polar surface area (TPSA) is 74.9 Å². The van der Waals surface area contributed by atoms with Crippen LogP contribution in [0, 0.1) is 5.82 Å². The molecule has 1 aliphatic heterocycles. The number of hydrogen-bond acceptors (Lipinski definition) is 4. The molecule has 1 N–H and O–H groups in total. The van der Waals surface area contributed by atoms with Gasteiger partial charge in [0.2, 0.25) is 0 Å². The van der Waals surface area contributed by atoms with Crippen molar-refractivity contribution in [1.29, 1.82) is 0 Å². The Labute approximate surface area is 138 Å². The van der Waals surface area contributed by atoms with Crippen LogP contribution in [0.5, 0.6) is 0 Å². The van der Waals surface area contributed by atoms with Gasteiger partial charge in [0.15, 0.2) is 0 Å². The summed E-state index contributed by atoms with van der Waals surface area (Å²) in [5.74, 6) is -1.18. The third-order valence-electron chi connectivity index (χ3n) is 4.10. The first-order valence-corrected chi connectivity index (χ1v) is 7.63. The van der Waals surface area contributed by atoms with E-state index in [2.05, 4.69) is 15.2 Å². The summed E-state index contributed by atoms with van der Waals surface area (Å²) >= 11 is 0. The number of carbonyl (C=O) groups is 1. The van der Waals surface area contributed by atoms with E-state index in [0.717, 1.165) is 16.7 Å². The summed E-state index contributed by atoms with van der Waals surface area (Å²) in [7, 11) is 0. The Bertz CT molecular complexity index is 788. The number of aromatic nitrogens is 1. The van der Waals surface area contributed by atoms with Gasteiger partial charge in [-0.05, 0) is 48.2 Å². The second kappa shape index (κ2) is 6.70. The lowest BCUT2D eigenvalue weighted by atomic mass is 9.77. The van der Waals surface area contributed by atoms with Gasteiger partial charge in [0, 0.05) is 24.4 Å². The molecular formula is C18H16FN3O2. The van der Waals surface area contributed by atoms with E-state index in [-0.39, 0.29) is 12.2 Å². The summed E-state index contributed by atoms with van der Waals surface area (Å²) in [5.41, 5.74) is 1.76. The quantitative estimate of drug-likeness (QED) is 0.865. The molecule has 1 atom stereocenters. The standard InChI is InChI=1S/C18H16FN3O2/c19-15-5-3-14(4-6-15)18(9-1-2-17(23)24)16(12-21-22-18)13-7-10-20-11-8-13/h3-8,10-12H,1-2,9H2,(H,23,24). The van der Waals surface area contributed by atoms with E-state index >= 15 is 0 Å². The molecule has 2 aromatic rings. The fraction of sp³-hybridized carbons (Fsp3) is 0.222. The molecule has 1 aliphatic rings. The van der Waals surface area contributed by atoms with Gasteiger partial charge < -0.3 is 5.11 Å². The molecule has 0 bridgehead atoms. The van der Waals surface area contributed by atoms with Crippen LogP contribution >= 0.6 is 0 Å². The molecule has 0 spiro atoms. The van der Waals surface area contributed by atoms with Crippen molar-refractivity contribution in [2.75, 3.05) is 0 Å². The molecule has 1 aromatic carbocycles. The van der Waals surface area contributed by atoms with Crippen molar-refractivity contribution in [1.82, 2.24) is 4.98 Å². The first-order valence-electron chi connectivity index (χ1n) is 7.63. The van der Waals surface area contributed by atoms with Gasteiger partial charge in [0.05, 0.1) is 6.20 Å². The van der Waals surface area contributed by atoms with Gasteiger partial charge in [-0.3, -0.25) is 9.78 Å². The smallest absolute Gasteiger partial charge is 0.303 e. The lowest BCUT2D eigenvalue weighted by Crippen LogP contribution is -2.24. The normalized spacial score (nSPS) is 19.3. The Morgan fingerprint density at radius 1 is 1.12 bits per heavy atom. The van der Waals surface area contributed by atoms with Crippen LogP contribution in [0.3, 0.4) is 0 Å². The van der Waals surface area contributed by atoms with Crippen LogP contribution in [0.15, 0.2) is 65.2 Å². The monoisotopic (exact) mass is 325 g/mol. The summed E-state index contributed by atoms with van der Waals surface area (Å²) in [6.45, 7) is 0. The molecule has 1 aromatic heterocycles. The van der Waals surface area contributed by atoms with Crippen molar-refractivity contribution in [2.45, 2.75) is 24.8 Å². The molecule has 0 saturated heterocycles. The zero-order valence-corrected chi connectivity index (χ0v) is 12.9. The second-order valence-corrected chi connectivity index (χ2v) is 5.61. The molecule has 0 fully saturated rings. The average Bonchev–Trinajstić information content (AvgIpc) is 3.01. The molecule has 0 aliphatic carbocycles. The first kappa shape index (κ1) is 16.0. The minimum atomic E-state index is -0.853. The molecule has 122 valence electrons. The summed E-state index contributed by atoms with van der Waals surface area (Å²) in [5, 5.41) is 17.4. The number of carboxylic acids is 1. The molecule has 2 heterocycles. The van der Waals surface area contributed by atoms with Gasteiger partial charge in [-0.2, -0.15) is 10.2 Å². The fourth-order valence-corrected chi connectivity index (χ4v) is 2.95. The van der Waals surface area contributed by atoms with Crippen molar-refractivity contribution in [3.05, 3.63) is 71.9 Å². The van der Waals surface area contributed by atoms with E-state index in [1.54, 1.807) is 30.7 Å². The second-order valence-electron chi connectivity index (χ2n) is 5.61. The average molecular weight is 325 g/mol. The molecule has 0 amide bonds. The predicted molar refractivity (Wildman–Crippen MR) is 86.6 cm³/mol. The molecule has 0 saturated carbocycles. The Morgan fingerprint density at radius 2 is 1.83 bits per heavy atom. The number of nitrogens with zero attached hydrogens (tertiary/aromatic N) is 3. The lowest BCUT2D eigenvalue weighted by Gasteiger charge is -2.29. The highest BCUT2D eigenvalue weighted by atomic mass is 19.1. The van der Waals surface area contributed by atoms with Gasteiger partial charge in [0.25, 0.3) is 0 Å². The molecule has 0 radical (unpaired) electrons. The van der Waals surface area contributed by atoms with Crippen LogP contribution in [0.25, 0.3) is 5.57 Å². The van der Waals surface area contributed by atoms with E-state index in [9.17, 15) is 9.18 Å². The van der Waals surface area contributed by atoms with Crippen molar-refractivity contribution < 1.29 is 14.3 Å². The van der Waals surface area contributed by atoms with Crippen molar-refractivity contribution in [3.8, 4) is 0 Å². The maximum absolute atomic E-state index is 13.3. The number of rotatable bonds is 6. The number of hydrogen-bond donors (Lipinski definition) is 1. The fourth-order valence-electron chi connectivity index (χ4n) is 2.95. The zero-order chi connectivity index (χ0) is 17.0. The van der Waals surface area contributed by atoms with E-state index in [0.29, 0.717) is 12.8 Å². The van der Waals surface area contributed by atoms with Crippen LogP contribution < -0.4 is 0 Å². The summed E-state index contributed by atoms with van der Waals surface area (Å²) in [6, 6.07) is 9.83. The maximum Gasteiger partial charge on any atom is 0.303 e. The van der Waals surface area contributed by atoms with E-state index in [1.807, 2.05) is 12.1 Å². The Balaban J connectivity index is 2.01. The highest BCUT2D eigenvalue weighted by Gasteiger charge is 2.39. The molecule has 6 heteroatoms. The van der Waals surface area contributed by atoms with Crippen LogP contribution in [0.1, 0.15) is 30.4 Å². The molecular weight excluding hydrogens is 309 g/mol. The number of halogens is 1. The Kier molecular flexibility index (Phi) is 4.46. The number of pyridine rings is 1. The lowest BCUT2D eigenvalue weighted by molar-refractivity contribution is -0.137. The first-order chi connectivity index (χ1) is 11.6. The maximum atomic E-state index is 13.3. The SMILES string of the molecule is O=C(O)CCCC1(c2ccc(F)cc2)N=NC=C1c1ccncc1. The highest BCUT2D eigenvalue weighted by Crippen LogP contribution is 2.47. The summed E-state index contributed by atoms with van der Waals surface area (Å²) < 4.78 is 13.3. The molecule has 24 heavy (non-hydrogen) atoms. The minimum absolute atomic E-state index is 0.0437. The molecule has 5 nitrogen and oxygen atoms in total. The van der Waals surface area contributed by atoms with Crippen molar-refractivity contribution in [2.24, 2.45) is 10.2 Å². The largest absolute Gasteiger partial charge is 0.481 e. The van der Waals surface area contributed by atoms with Crippen molar-refractivity contribution >= 4 is 11.5 Å². The summed E-state index contributed by atoms with van der Waals surface area (Å²) in [6.07, 6.45) is 6.00. The van der Waals surface area contributed by atoms with E-state index in [4.69, 9.17) is 5.11 Å². The number of aliphatic carboxylic acids is 1. The highest BCUT2D eigenvalue weighted by molar-refractivity contribution is 5.76. The Hall–Kier alpha value is -2.89. The van der Waals surface area contributed by atoms with Crippen LogP contribution in [0.2, 0.25) is 0 Å². The molecule has 1 unspecified atom stereocenters. The number of azo groups is 1. The van der Waals surface area contributed by atoms with E-state index < -0.39 is 11.5 Å². The zero-order valence-electron chi connectivity index (χ0n) is 12.9. The minimum Gasteiger partial charge on any atom is -0.481 e. The van der Waals surface area contributed by atoms with Gasteiger partial charge in [-0.1, -0.05) is 12.1 Å². The van der Waals surface area contributed by atoms with Gasteiger partial charge in [-0.15, -0.1) is 0 Å². The Morgan fingerprint density at radius 3 is 2.50 bits per heavy atom. The predicted octanol–water partition coefficient (Wildman–Crippen LogP) is 4.18. The van der Waals surface area contributed by atoms with Crippen molar-refractivity contribution in [3.63, 3.8) is 0 Å². The van der Waals surface area contributed by atoms with E-state index in [1.165, 1.54) is 12.1 Å². The third-order valence-corrected chi connectivity index (χ3v) is 4.10. The van der Waals surface area contributed by atoms with Crippen LogP contribution in [0.4, 0.5) is 4.39 Å². The van der Waals surface area contributed by atoms with Crippen LogP contribution in [-0.4, -0.2) is 16.1 Å². The summed E-state index contributed by atoms with van der Waals surface area (Å²) in [4.78, 5) is 14.9.